The lowest BCUT2D eigenvalue weighted by Gasteiger charge is -2.23. The number of aromatic nitrogens is 1. The molecule has 1 amide bonds. The third-order valence-electron chi connectivity index (χ3n) is 3.87. The fraction of sp³-hybridized carbons (Fsp3) is 0.375. The van der Waals surface area contributed by atoms with Gasteiger partial charge in [0.25, 0.3) is 5.91 Å². The van der Waals surface area contributed by atoms with E-state index in [0.717, 1.165) is 37.3 Å². The van der Waals surface area contributed by atoms with Crippen molar-refractivity contribution in [3.05, 3.63) is 46.0 Å². The van der Waals surface area contributed by atoms with Gasteiger partial charge in [-0.25, -0.2) is 4.98 Å². The van der Waals surface area contributed by atoms with Crippen molar-refractivity contribution in [3.63, 3.8) is 0 Å². The highest BCUT2D eigenvalue weighted by molar-refractivity contribution is 7.15. The van der Waals surface area contributed by atoms with Gasteiger partial charge in [0.15, 0.2) is 5.13 Å². The topological polar surface area (TPSA) is 45.2 Å². The van der Waals surface area contributed by atoms with E-state index in [0.29, 0.717) is 10.7 Å². The summed E-state index contributed by atoms with van der Waals surface area (Å²) in [5, 5.41) is 3.65. The maximum atomic E-state index is 12.3. The van der Waals surface area contributed by atoms with Crippen LogP contribution in [0.2, 0.25) is 0 Å². The second-order valence-corrected chi connectivity index (χ2v) is 6.36. The summed E-state index contributed by atoms with van der Waals surface area (Å²) in [7, 11) is 0. The molecule has 0 bridgehead atoms. The van der Waals surface area contributed by atoms with Crippen molar-refractivity contribution in [2.24, 2.45) is 0 Å². The van der Waals surface area contributed by atoms with Crippen LogP contribution < -0.4 is 5.32 Å². The normalized spacial score (nSPS) is 14.8. The molecule has 2 aromatic rings. The van der Waals surface area contributed by atoms with Crippen LogP contribution in [0.1, 0.15) is 33.4 Å². The molecule has 0 spiro atoms. The zero-order valence-corrected chi connectivity index (χ0v) is 13.2. The first kappa shape index (κ1) is 14.2. The fourth-order valence-corrected chi connectivity index (χ4v) is 3.61. The molecule has 3 rings (SSSR count). The molecule has 0 aliphatic carbocycles. The van der Waals surface area contributed by atoms with E-state index in [1.807, 2.05) is 31.2 Å². The maximum absolute atomic E-state index is 12.3. The summed E-state index contributed by atoms with van der Waals surface area (Å²) in [4.78, 5) is 20.6. The van der Waals surface area contributed by atoms with Gasteiger partial charge in [0.2, 0.25) is 0 Å². The molecule has 21 heavy (non-hydrogen) atoms. The number of carbonyl (C=O) groups excluding carboxylic acids is 1. The number of hydrogen-bond donors (Lipinski definition) is 1. The molecule has 0 unspecified atom stereocenters. The third kappa shape index (κ3) is 2.99. The maximum Gasteiger partial charge on any atom is 0.257 e. The van der Waals surface area contributed by atoms with E-state index < -0.39 is 0 Å². The number of rotatable bonds is 3. The van der Waals surface area contributed by atoms with Crippen molar-refractivity contribution in [2.45, 2.75) is 26.8 Å². The molecule has 4 nitrogen and oxygen atoms in total. The monoisotopic (exact) mass is 301 g/mol. The van der Waals surface area contributed by atoms with Gasteiger partial charge in [0.1, 0.15) is 0 Å². The minimum absolute atomic E-state index is 0.0773. The van der Waals surface area contributed by atoms with Gasteiger partial charge in [0, 0.05) is 30.0 Å². The van der Waals surface area contributed by atoms with Gasteiger partial charge in [-0.3, -0.25) is 15.0 Å². The number of likely N-dealkylation sites (N-methyl/N-ethyl adjacent to an activating group) is 1. The molecule has 1 aromatic carbocycles. The number of amides is 1. The number of anilines is 1. The lowest BCUT2D eigenvalue weighted by Crippen LogP contribution is -2.29. The molecular formula is C16H19N3OS. The first-order valence-electron chi connectivity index (χ1n) is 7.25. The largest absolute Gasteiger partial charge is 0.298 e. The zero-order chi connectivity index (χ0) is 14.8. The highest BCUT2D eigenvalue weighted by atomic mass is 32.1. The average Bonchev–Trinajstić information content (AvgIpc) is 2.88. The Morgan fingerprint density at radius 2 is 2.24 bits per heavy atom. The molecule has 110 valence electrons. The quantitative estimate of drug-likeness (QED) is 0.947. The lowest BCUT2D eigenvalue weighted by molar-refractivity contribution is 0.102. The summed E-state index contributed by atoms with van der Waals surface area (Å²) in [5.41, 5.74) is 2.83. The van der Waals surface area contributed by atoms with Crippen molar-refractivity contribution in [1.82, 2.24) is 9.88 Å². The van der Waals surface area contributed by atoms with Crippen LogP contribution in [-0.2, 0) is 13.0 Å². The molecule has 0 radical (unpaired) electrons. The van der Waals surface area contributed by atoms with E-state index in [-0.39, 0.29) is 5.91 Å². The van der Waals surface area contributed by atoms with Crippen molar-refractivity contribution in [1.29, 1.82) is 0 Å². The molecule has 0 saturated carbocycles. The Hall–Kier alpha value is -1.72. The number of aryl methyl sites for hydroxylation is 1. The smallest absolute Gasteiger partial charge is 0.257 e. The Labute approximate surface area is 128 Å². The van der Waals surface area contributed by atoms with Crippen molar-refractivity contribution < 1.29 is 4.79 Å². The van der Waals surface area contributed by atoms with Crippen molar-refractivity contribution in [2.75, 3.05) is 18.4 Å². The van der Waals surface area contributed by atoms with Gasteiger partial charge < -0.3 is 0 Å². The Morgan fingerprint density at radius 3 is 3.00 bits per heavy atom. The van der Waals surface area contributed by atoms with Gasteiger partial charge in [-0.05, 0) is 25.1 Å². The molecule has 0 saturated heterocycles. The van der Waals surface area contributed by atoms with E-state index in [9.17, 15) is 4.79 Å². The van der Waals surface area contributed by atoms with Crippen LogP contribution in [0.5, 0.6) is 0 Å². The number of fused-ring (bicyclic) bond motifs is 1. The predicted molar refractivity (Wildman–Crippen MR) is 85.9 cm³/mol. The van der Waals surface area contributed by atoms with Gasteiger partial charge in [-0.1, -0.05) is 25.1 Å². The summed E-state index contributed by atoms with van der Waals surface area (Å²) in [6, 6.07) is 7.61. The Morgan fingerprint density at radius 1 is 1.43 bits per heavy atom. The fourth-order valence-electron chi connectivity index (χ4n) is 2.56. The minimum atomic E-state index is -0.0773. The van der Waals surface area contributed by atoms with Crippen molar-refractivity contribution in [3.8, 4) is 0 Å². The number of carbonyl (C=O) groups is 1. The van der Waals surface area contributed by atoms with Crippen LogP contribution >= 0.6 is 11.3 Å². The van der Waals surface area contributed by atoms with E-state index in [2.05, 4.69) is 22.1 Å². The SMILES string of the molecule is CCN1CCc2nc(NC(=O)c3ccccc3C)sc2C1. The first-order chi connectivity index (χ1) is 10.2. The van der Waals surface area contributed by atoms with Gasteiger partial charge in [-0.2, -0.15) is 0 Å². The van der Waals surface area contributed by atoms with E-state index >= 15 is 0 Å². The van der Waals surface area contributed by atoms with Crippen molar-refractivity contribution >= 4 is 22.4 Å². The summed E-state index contributed by atoms with van der Waals surface area (Å²) in [6.45, 7) is 7.18. The van der Waals surface area contributed by atoms with E-state index in [4.69, 9.17) is 0 Å². The summed E-state index contributed by atoms with van der Waals surface area (Å²) in [5.74, 6) is -0.0773. The summed E-state index contributed by atoms with van der Waals surface area (Å²) < 4.78 is 0. The number of nitrogens with one attached hydrogen (secondary N) is 1. The van der Waals surface area contributed by atoms with Crippen LogP contribution in [0.3, 0.4) is 0 Å². The average molecular weight is 301 g/mol. The number of benzene rings is 1. The van der Waals surface area contributed by atoms with Crippen LogP contribution in [0.4, 0.5) is 5.13 Å². The molecule has 1 N–H and O–H groups in total. The standard InChI is InChI=1S/C16H19N3OS/c1-3-19-9-8-13-14(10-19)21-16(17-13)18-15(20)12-7-5-4-6-11(12)2/h4-7H,3,8-10H2,1-2H3,(H,17,18,20). The molecule has 2 heterocycles. The molecule has 1 aromatic heterocycles. The summed E-state index contributed by atoms with van der Waals surface area (Å²) in [6.07, 6.45) is 0.972. The second kappa shape index (κ2) is 5.95. The van der Waals surface area contributed by atoms with Crippen LogP contribution in [-0.4, -0.2) is 28.9 Å². The van der Waals surface area contributed by atoms with Gasteiger partial charge in [-0.15, -0.1) is 11.3 Å². The van der Waals surface area contributed by atoms with E-state index in [1.165, 1.54) is 4.88 Å². The first-order valence-corrected chi connectivity index (χ1v) is 8.07. The molecule has 0 atom stereocenters. The second-order valence-electron chi connectivity index (χ2n) is 5.28. The number of thiazole rings is 1. The highest BCUT2D eigenvalue weighted by Gasteiger charge is 2.20. The zero-order valence-electron chi connectivity index (χ0n) is 12.3. The lowest BCUT2D eigenvalue weighted by atomic mass is 10.1. The Balaban J connectivity index is 1.76. The molecular weight excluding hydrogens is 282 g/mol. The predicted octanol–water partition coefficient (Wildman–Crippen LogP) is 3.08. The Bertz CT molecular complexity index is 665. The molecule has 1 aliphatic rings. The van der Waals surface area contributed by atoms with Crippen LogP contribution in [0.25, 0.3) is 0 Å². The molecule has 0 fully saturated rings. The highest BCUT2D eigenvalue weighted by Crippen LogP contribution is 2.28. The minimum Gasteiger partial charge on any atom is -0.298 e. The third-order valence-corrected chi connectivity index (χ3v) is 4.87. The summed E-state index contributed by atoms with van der Waals surface area (Å²) >= 11 is 1.60. The number of nitrogens with zero attached hydrogens (tertiary/aromatic N) is 2. The van der Waals surface area contributed by atoms with E-state index in [1.54, 1.807) is 11.3 Å². The number of hydrogen-bond acceptors (Lipinski definition) is 4. The van der Waals surface area contributed by atoms with Gasteiger partial charge in [0.05, 0.1) is 5.69 Å². The molecule has 5 heteroatoms. The van der Waals surface area contributed by atoms with Gasteiger partial charge >= 0.3 is 0 Å². The van der Waals surface area contributed by atoms with Crippen LogP contribution in [0, 0.1) is 6.92 Å². The van der Waals surface area contributed by atoms with Crippen LogP contribution in [0.15, 0.2) is 24.3 Å². The Kier molecular flexibility index (Phi) is 4.03. The molecule has 1 aliphatic heterocycles.